The van der Waals surface area contributed by atoms with Crippen LogP contribution in [0.1, 0.15) is 23.0 Å². The van der Waals surface area contributed by atoms with Crippen LogP contribution < -0.4 is 0 Å². The molecular formula is C16H15NO5. The predicted octanol–water partition coefficient (Wildman–Crippen LogP) is 1.87. The number of carbonyl (C=O) groups excluding carboxylic acids is 1. The van der Waals surface area contributed by atoms with E-state index in [9.17, 15) is 14.7 Å². The van der Waals surface area contributed by atoms with Crippen LogP contribution in [0.3, 0.4) is 0 Å². The molecule has 2 aromatic rings. The summed E-state index contributed by atoms with van der Waals surface area (Å²) in [6, 6.07) is 5.26. The van der Waals surface area contributed by atoms with E-state index in [-0.39, 0.29) is 11.8 Å². The van der Waals surface area contributed by atoms with E-state index in [2.05, 4.69) is 0 Å². The smallest absolute Gasteiger partial charge is 0.311 e. The van der Waals surface area contributed by atoms with Gasteiger partial charge in [0.15, 0.2) is 0 Å². The van der Waals surface area contributed by atoms with Gasteiger partial charge in [-0.3, -0.25) is 9.59 Å². The number of carboxylic acid groups (broad SMARTS) is 1. The summed E-state index contributed by atoms with van der Waals surface area (Å²) >= 11 is 0. The molecule has 0 unspecified atom stereocenters. The maximum Gasteiger partial charge on any atom is 0.311 e. The second-order valence-electron chi connectivity index (χ2n) is 5.90. The monoisotopic (exact) mass is 301 g/mol. The van der Waals surface area contributed by atoms with Gasteiger partial charge in [-0.2, -0.15) is 0 Å². The summed E-state index contributed by atoms with van der Waals surface area (Å²) in [5.74, 6) is -1.04. The van der Waals surface area contributed by atoms with Crippen molar-refractivity contribution in [3.63, 3.8) is 0 Å². The van der Waals surface area contributed by atoms with Crippen molar-refractivity contribution in [1.29, 1.82) is 0 Å². The van der Waals surface area contributed by atoms with Crippen LogP contribution in [0.5, 0.6) is 0 Å². The fourth-order valence-corrected chi connectivity index (χ4v) is 3.75. The van der Waals surface area contributed by atoms with Crippen molar-refractivity contribution in [3.8, 4) is 0 Å². The fraction of sp³-hybridized carbons (Fsp3) is 0.375. The molecule has 1 amide bonds. The lowest BCUT2D eigenvalue weighted by atomic mass is 9.73. The molecule has 0 aromatic carbocycles. The highest BCUT2D eigenvalue weighted by Gasteiger charge is 2.52. The fourth-order valence-electron chi connectivity index (χ4n) is 3.75. The van der Waals surface area contributed by atoms with Gasteiger partial charge >= 0.3 is 5.97 Å². The van der Waals surface area contributed by atoms with E-state index in [1.165, 1.54) is 6.26 Å². The van der Waals surface area contributed by atoms with Crippen molar-refractivity contribution in [2.75, 3.05) is 6.54 Å². The van der Waals surface area contributed by atoms with Crippen molar-refractivity contribution in [3.05, 3.63) is 47.8 Å². The van der Waals surface area contributed by atoms with Gasteiger partial charge < -0.3 is 18.8 Å². The Hall–Kier alpha value is -2.50. The zero-order valence-electron chi connectivity index (χ0n) is 11.8. The third kappa shape index (κ3) is 1.87. The highest BCUT2D eigenvalue weighted by atomic mass is 16.4. The maximum absolute atomic E-state index is 12.7. The summed E-state index contributed by atoms with van der Waals surface area (Å²) in [7, 11) is 0. The number of likely N-dealkylation sites (tertiary alicyclic amines) is 1. The summed E-state index contributed by atoms with van der Waals surface area (Å²) in [5, 5.41) is 9.58. The van der Waals surface area contributed by atoms with E-state index in [1.807, 2.05) is 6.07 Å². The Morgan fingerprint density at radius 2 is 2.18 bits per heavy atom. The number of carbonyl (C=O) groups is 2. The quantitative estimate of drug-likeness (QED) is 0.935. The zero-order chi connectivity index (χ0) is 15.3. The minimum absolute atomic E-state index is 0.0257. The molecule has 6 nitrogen and oxygen atoms in total. The molecule has 0 bridgehead atoms. The van der Waals surface area contributed by atoms with Gasteiger partial charge in [0, 0.05) is 18.5 Å². The Morgan fingerprint density at radius 1 is 1.32 bits per heavy atom. The molecule has 2 aliphatic rings. The molecule has 1 N–H and O–H groups in total. The predicted molar refractivity (Wildman–Crippen MR) is 73.9 cm³/mol. The number of rotatable bonds is 3. The Balaban J connectivity index is 1.65. The first-order valence-corrected chi connectivity index (χ1v) is 7.25. The van der Waals surface area contributed by atoms with Crippen LogP contribution in [-0.4, -0.2) is 28.4 Å². The lowest BCUT2D eigenvalue weighted by molar-refractivity contribution is -0.145. The molecule has 114 valence electrons. The molecular weight excluding hydrogens is 286 g/mol. The molecule has 0 radical (unpaired) electrons. The second-order valence-corrected chi connectivity index (χ2v) is 5.90. The summed E-state index contributed by atoms with van der Waals surface area (Å²) in [5.41, 5.74) is 0.641. The van der Waals surface area contributed by atoms with E-state index in [1.54, 1.807) is 23.3 Å². The minimum atomic E-state index is -0.967. The molecule has 1 fully saturated rings. The topological polar surface area (TPSA) is 83.9 Å². The van der Waals surface area contributed by atoms with Gasteiger partial charge in [0.1, 0.15) is 11.5 Å². The van der Waals surface area contributed by atoms with Crippen LogP contribution in [0.2, 0.25) is 0 Å². The molecule has 4 rings (SSSR count). The number of carboxylic acids is 1. The van der Waals surface area contributed by atoms with E-state index in [4.69, 9.17) is 8.83 Å². The summed E-state index contributed by atoms with van der Waals surface area (Å²) < 4.78 is 10.7. The molecule has 6 heteroatoms. The van der Waals surface area contributed by atoms with Gasteiger partial charge in [0.2, 0.25) is 5.91 Å². The second kappa shape index (κ2) is 4.76. The van der Waals surface area contributed by atoms with Crippen LogP contribution in [0.25, 0.3) is 0 Å². The molecule has 0 spiro atoms. The lowest BCUT2D eigenvalue weighted by Crippen LogP contribution is -2.35. The SMILES string of the molecule is O=C(O)[C@H]1c2ccoc2C[C@@H]2CN(Cc3ccco3)C(=O)[C@H]21. The van der Waals surface area contributed by atoms with Gasteiger partial charge in [-0.15, -0.1) is 0 Å². The molecule has 1 aliphatic heterocycles. The number of hydrogen-bond acceptors (Lipinski definition) is 4. The molecule has 22 heavy (non-hydrogen) atoms. The zero-order valence-corrected chi connectivity index (χ0v) is 11.8. The van der Waals surface area contributed by atoms with Gasteiger partial charge in [-0.25, -0.2) is 0 Å². The Bertz CT molecular complexity index is 717. The van der Waals surface area contributed by atoms with Crippen molar-refractivity contribution >= 4 is 11.9 Å². The van der Waals surface area contributed by atoms with Gasteiger partial charge in [-0.1, -0.05) is 0 Å². The first-order chi connectivity index (χ1) is 10.6. The normalized spacial score (nSPS) is 26.8. The Labute approximate surface area is 126 Å². The first kappa shape index (κ1) is 13.2. The average Bonchev–Trinajstić information content (AvgIpc) is 3.19. The van der Waals surface area contributed by atoms with Gasteiger partial charge in [-0.05, 0) is 24.1 Å². The number of furan rings is 2. The minimum Gasteiger partial charge on any atom is -0.481 e. The van der Waals surface area contributed by atoms with Gasteiger partial charge in [0.05, 0.1) is 30.9 Å². The van der Waals surface area contributed by atoms with Crippen molar-refractivity contribution < 1.29 is 23.5 Å². The van der Waals surface area contributed by atoms with E-state index in [0.717, 1.165) is 0 Å². The van der Waals surface area contributed by atoms with Crippen molar-refractivity contribution in [2.45, 2.75) is 18.9 Å². The highest BCUT2D eigenvalue weighted by Crippen LogP contribution is 2.45. The van der Waals surface area contributed by atoms with E-state index in [0.29, 0.717) is 36.6 Å². The maximum atomic E-state index is 12.7. The Kier molecular flexibility index (Phi) is 2.85. The number of fused-ring (bicyclic) bond motifs is 2. The van der Waals surface area contributed by atoms with Crippen LogP contribution in [0.4, 0.5) is 0 Å². The number of aliphatic carboxylic acids is 1. The summed E-state index contributed by atoms with van der Waals surface area (Å²) in [6.45, 7) is 0.917. The first-order valence-electron chi connectivity index (χ1n) is 7.25. The highest BCUT2D eigenvalue weighted by molar-refractivity contribution is 5.90. The largest absolute Gasteiger partial charge is 0.481 e. The number of hydrogen-bond donors (Lipinski definition) is 1. The van der Waals surface area contributed by atoms with Gasteiger partial charge in [0.25, 0.3) is 0 Å². The standard InChI is InChI=1S/C16H15NO5/c18-15-13-9(7-17(15)8-10-2-1-4-21-10)6-12-11(3-5-22-12)14(13)16(19)20/h1-5,9,13-14H,6-8H2,(H,19,20)/t9-,13-,14+/m1/s1. The molecule has 0 saturated carbocycles. The molecule has 2 aromatic heterocycles. The summed E-state index contributed by atoms with van der Waals surface area (Å²) in [6.07, 6.45) is 3.68. The van der Waals surface area contributed by atoms with Crippen LogP contribution in [0.15, 0.2) is 39.6 Å². The van der Waals surface area contributed by atoms with Crippen LogP contribution >= 0.6 is 0 Å². The average molecular weight is 301 g/mol. The molecule has 1 saturated heterocycles. The van der Waals surface area contributed by atoms with E-state index < -0.39 is 17.8 Å². The lowest BCUT2D eigenvalue weighted by Gasteiger charge is -2.27. The van der Waals surface area contributed by atoms with E-state index >= 15 is 0 Å². The third-order valence-corrected chi connectivity index (χ3v) is 4.67. The molecule has 3 heterocycles. The molecule has 1 aliphatic carbocycles. The van der Waals surface area contributed by atoms with Crippen LogP contribution in [-0.2, 0) is 22.6 Å². The van der Waals surface area contributed by atoms with Crippen LogP contribution in [0, 0.1) is 11.8 Å². The number of nitrogens with zero attached hydrogens (tertiary/aromatic N) is 1. The Morgan fingerprint density at radius 3 is 2.91 bits per heavy atom. The van der Waals surface area contributed by atoms with Crippen molar-refractivity contribution in [2.24, 2.45) is 11.8 Å². The number of amides is 1. The van der Waals surface area contributed by atoms with Crippen molar-refractivity contribution in [1.82, 2.24) is 4.90 Å². The molecule has 3 atom stereocenters. The third-order valence-electron chi connectivity index (χ3n) is 4.67. The summed E-state index contributed by atoms with van der Waals surface area (Å²) in [4.78, 5) is 26.1.